The van der Waals surface area contributed by atoms with Crippen LogP contribution >= 0.6 is 0 Å². The molecule has 5 rings (SSSR count). The van der Waals surface area contributed by atoms with Crippen LogP contribution in [0.2, 0.25) is 0 Å². The van der Waals surface area contributed by atoms with Gasteiger partial charge in [-0.05, 0) is 42.8 Å². The van der Waals surface area contributed by atoms with Crippen molar-refractivity contribution in [3.8, 4) is 0 Å². The highest BCUT2D eigenvalue weighted by atomic mass is 16.2. The van der Waals surface area contributed by atoms with Crippen molar-refractivity contribution in [2.75, 3.05) is 4.90 Å². The Morgan fingerprint density at radius 1 is 0.710 bits per heavy atom. The molecule has 0 spiro atoms. The number of nitrogens with zero attached hydrogens (tertiary/aromatic N) is 1. The fourth-order valence-corrected chi connectivity index (χ4v) is 3.89. The lowest BCUT2D eigenvalue weighted by molar-refractivity contribution is 0.0874. The van der Waals surface area contributed by atoms with E-state index in [1.807, 2.05) is 19.1 Å². The Morgan fingerprint density at radius 3 is 2.00 bits per heavy atom. The van der Waals surface area contributed by atoms with Crippen molar-refractivity contribution in [2.24, 2.45) is 0 Å². The number of para-hydroxylation sites is 1. The lowest BCUT2D eigenvalue weighted by Crippen LogP contribution is -2.29. The van der Waals surface area contributed by atoms with Gasteiger partial charge in [-0.1, -0.05) is 30.3 Å². The van der Waals surface area contributed by atoms with E-state index in [0.717, 1.165) is 10.5 Å². The number of amides is 4. The van der Waals surface area contributed by atoms with E-state index >= 15 is 0 Å². The number of ketones is 1. The Kier molecular flexibility index (Phi) is 3.94. The smallest absolute Gasteiger partial charge is 0.266 e. The van der Waals surface area contributed by atoms with Crippen LogP contribution in [0.25, 0.3) is 0 Å². The van der Waals surface area contributed by atoms with Gasteiger partial charge >= 0.3 is 0 Å². The quantitative estimate of drug-likeness (QED) is 0.529. The van der Waals surface area contributed by atoms with Gasteiger partial charge in [-0.2, -0.15) is 0 Å². The summed E-state index contributed by atoms with van der Waals surface area (Å²) < 4.78 is 0. The maximum atomic E-state index is 13.0. The summed E-state index contributed by atoms with van der Waals surface area (Å²) in [5, 5.41) is 2.18. The molecular weight excluding hydrogens is 396 g/mol. The van der Waals surface area contributed by atoms with Gasteiger partial charge in [0.05, 0.1) is 27.9 Å². The molecule has 0 aliphatic carbocycles. The minimum Gasteiger partial charge on any atom is -0.289 e. The molecule has 0 saturated heterocycles. The molecule has 2 heterocycles. The number of rotatable bonds is 3. The number of imide groups is 2. The maximum absolute atomic E-state index is 13.0. The van der Waals surface area contributed by atoms with Gasteiger partial charge in [-0.25, -0.2) is 4.90 Å². The highest BCUT2D eigenvalue weighted by Crippen LogP contribution is 2.31. The summed E-state index contributed by atoms with van der Waals surface area (Å²) in [6.45, 7) is 1.81. The van der Waals surface area contributed by atoms with Gasteiger partial charge in [-0.3, -0.25) is 29.3 Å². The molecular formula is C24H14N2O5. The Bertz CT molecular complexity index is 1370. The molecule has 2 aliphatic heterocycles. The molecule has 3 aromatic carbocycles. The highest BCUT2D eigenvalue weighted by Gasteiger charge is 2.38. The first-order valence-electron chi connectivity index (χ1n) is 9.49. The molecule has 4 amide bonds. The van der Waals surface area contributed by atoms with Crippen LogP contribution in [0, 0.1) is 6.92 Å². The lowest BCUT2D eigenvalue weighted by Gasteiger charge is -2.16. The number of fused-ring (bicyclic) bond motifs is 2. The van der Waals surface area contributed by atoms with E-state index in [1.165, 1.54) is 36.4 Å². The van der Waals surface area contributed by atoms with E-state index in [-0.39, 0.29) is 33.4 Å². The minimum atomic E-state index is -0.557. The van der Waals surface area contributed by atoms with Gasteiger partial charge < -0.3 is 0 Å². The third kappa shape index (κ3) is 2.71. The number of benzene rings is 3. The molecule has 31 heavy (non-hydrogen) atoms. The van der Waals surface area contributed by atoms with Gasteiger partial charge in [0, 0.05) is 11.1 Å². The number of hydrogen-bond donors (Lipinski definition) is 1. The molecule has 0 aromatic heterocycles. The third-order valence-electron chi connectivity index (χ3n) is 5.50. The monoisotopic (exact) mass is 410 g/mol. The van der Waals surface area contributed by atoms with Crippen LogP contribution in [0.4, 0.5) is 5.69 Å². The first-order valence-corrected chi connectivity index (χ1v) is 9.49. The van der Waals surface area contributed by atoms with Gasteiger partial charge in [0.1, 0.15) is 0 Å². The average Bonchev–Trinajstić information content (AvgIpc) is 3.20. The summed E-state index contributed by atoms with van der Waals surface area (Å²) in [5.41, 5.74) is 2.40. The van der Waals surface area contributed by atoms with Crippen molar-refractivity contribution in [3.63, 3.8) is 0 Å². The maximum Gasteiger partial charge on any atom is 0.266 e. The summed E-state index contributed by atoms with van der Waals surface area (Å²) in [6.07, 6.45) is 0. The molecule has 0 fully saturated rings. The van der Waals surface area contributed by atoms with Crippen LogP contribution in [-0.2, 0) is 0 Å². The van der Waals surface area contributed by atoms with Gasteiger partial charge in [0.25, 0.3) is 23.6 Å². The molecule has 0 bridgehead atoms. The second kappa shape index (κ2) is 6.56. The number of carbonyl (C=O) groups is 5. The Labute approximate surface area is 176 Å². The average molecular weight is 410 g/mol. The van der Waals surface area contributed by atoms with E-state index in [2.05, 4.69) is 5.32 Å². The topological polar surface area (TPSA) is 101 Å². The molecule has 2 aliphatic rings. The number of hydrogen-bond acceptors (Lipinski definition) is 5. The van der Waals surface area contributed by atoms with E-state index < -0.39 is 29.4 Å². The third-order valence-corrected chi connectivity index (χ3v) is 5.50. The first kappa shape index (κ1) is 18.6. The van der Waals surface area contributed by atoms with Crippen molar-refractivity contribution in [2.45, 2.75) is 6.92 Å². The molecule has 3 aromatic rings. The van der Waals surface area contributed by atoms with Crippen molar-refractivity contribution in [1.29, 1.82) is 0 Å². The zero-order valence-electron chi connectivity index (χ0n) is 16.3. The van der Waals surface area contributed by atoms with Crippen molar-refractivity contribution < 1.29 is 24.0 Å². The van der Waals surface area contributed by atoms with E-state index in [1.54, 1.807) is 12.1 Å². The number of aryl methyl sites for hydroxylation is 1. The van der Waals surface area contributed by atoms with Gasteiger partial charge in [0.2, 0.25) is 0 Å². The SMILES string of the molecule is Cc1ccccc1N1C(=O)c2ccc(C(=O)c3ccc4c(c3)C(=O)NC4=O)cc2C1=O. The molecule has 0 radical (unpaired) electrons. The van der Waals surface area contributed by atoms with Crippen LogP contribution in [0.3, 0.4) is 0 Å². The van der Waals surface area contributed by atoms with E-state index in [4.69, 9.17) is 0 Å². The summed E-state index contributed by atoms with van der Waals surface area (Å²) in [6, 6.07) is 15.6. The number of nitrogens with one attached hydrogen (secondary N) is 1. The summed E-state index contributed by atoms with van der Waals surface area (Å²) in [7, 11) is 0. The predicted octanol–water partition coefficient (Wildman–Crippen LogP) is 2.91. The predicted molar refractivity (Wildman–Crippen MR) is 110 cm³/mol. The minimum absolute atomic E-state index is 0.133. The largest absolute Gasteiger partial charge is 0.289 e. The van der Waals surface area contributed by atoms with Crippen LogP contribution in [0.5, 0.6) is 0 Å². The second-order valence-corrected chi connectivity index (χ2v) is 7.37. The van der Waals surface area contributed by atoms with Gasteiger partial charge in [0.15, 0.2) is 5.78 Å². The normalized spacial score (nSPS) is 14.5. The van der Waals surface area contributed by atoms with Crippen LogP contribution in [0.15, 0.2) is 60.7 Å². The van der Waals surface area contributed by atoms with Gasteiger partial charge in [-0.15, -0.1) is 0 Å². The molecule has 0 saturated carbocycles. The summed E-state index contributed by atoms with van der Waals surface area (Å²) >= 11 is 0. The van der Waals surface area contributed by atoms with Crippen LogP contribution in [0.1, 0.15) is 62.9 Å². The van der Waals surface area contributed by atoms with E-state index in [9.17, 15) is 24.0 Å². The molecule has 7 nitrogen and oxygen atoms in total. The summed E-state index contributed by atoms with van der Waals surface area (Å²) in [5.74, 6) is -2.42. The Hall–Kier alpha value is -4.39. The number of anilines is 1. The first-order chi connectivity index (χ1) is 14.9. The Morgan fingerprint density at radius 2 is 1.29 bits per heavy atom. The zero-order chi connectivity index (χ0) is 21.9. The molecule has 0 atom stereocenters. The highest BCUT2D eigenvalue weighted by molar-refractivity contribution is 6.35. The van der Waals surface area contributed by atoms with Crippen LogP contribution in [-0.4, -0.2) is 29.4 Å². The number of carbonyl (C=O) groups excluding carboxylic acids is 5. The fourth-order valence-electron chi connectivity index (χ4n) is 3.89. The zero-order valence-corrected chi connectivity index (χ0v) is 16.3. The fraction of sp³-hybridized carbons (Fsp3) is 0.0417. The molecule has 150 valence electrons. The molecule has 7 heteroatoms. The van der Waals surface area contributed by atoms with Crippen molar-refractivity contribution in [1.82, 2.24) is 5.32 Å². The van der Waals surface area contributed by atoms with Crippen molar-refractivity contribution >= 4 is 35.1 Å². The van der Waals surface area contributed by atoms with Crippen LogP contribution < -0.4 is 10.2 Å². The Balaban J connectivity index is 1.52. The second-order valence-electron chi connectivity index (χ2n) is 7.37. The van der Waals surface area contributed by atoms with Crippen molar-refractivity contribution in [3.05, 3.63) is 99.6 Å². The summed E-state index contributed by atoms with van der Waals surface area (Å²) in [4.78, 5) is 63.6. The lowest BCUT2D eigenvalue weighted by atomic mass is 9.96. The van der Waals surface area contributed by atoms with E-state index in [0.29, 0.717) is 5.69 Å². The molecule has 1 N–H and O–H groups in total. The molecule has 0 unspecified atom stereocenters. The standard InChI is InChI=1S/C24H14N2O5/c1-12-4-2-3-5-19(12)26-23(30)16-9-7-14(11-18(16)24(26)31)20(27)13-6-8-15-17(10-13)22(29)25-21(15)28/h2-11H,1H3,(H,25,28,29).